The fraction of sp³-hybridized carbons (Fsp3) is 0.931. The van der Waals surface area contributed by atoms with Crippen LogP contribution >= 0.6 is 24.0 Å². The van der Waals surface area contributed by atoms with E-state index in [0.29, 0.717) is 12.1 Å². The number of halogens is 2. The van der Waals surface area contributed by atoms with E-state index >= 15 is 0 Å². The standard InChI is InChI=1S/C29H58ClN.ClH/c1-5-7-9-11-13-15-17-19-21-24-28(3)31(27-23-26-30)29(4)25-22-20-18-16-14-12-10-8-6-2;/h23,26,28-29H,5-22,24-25,27H2,1-4H3;1H/b26-23+;. The van der Waals surface area contributed by atoms with Gasteiger partial charge in [0.1, 0.15) is 0 Å². The van der Waals surface area contributed by atoms with Crippen LogP contribution in [0, 0.1) is 0 Å². The van der Waals surface area contributed by atoms with Crippen LogP contribution in [0.3, 0.4) is 0 Å². The zero-order chi connectivity index (χ0) is 23.0. The predicted octanol–water partition coefficient (Wildman–Crippen LogP) is 11.1. The average Bonchev–Trinajstić information content (AvgIpc) is 2.77. The van der Waals surface area contributed by atoms with Gasteiger partial charge in [0.2, 0.25) is 0 Å². The SMILES string of the molecule is CCCCCCCCCCCC(C)N(C/C=C/Cl)C(C)CCCCCCCCCCC.Cl. The van der Waals surface area contributed by atoms with E-state index < -0.39 is 0 Å². The number of unbranched alkanes of at least 4 members (excludes halogenated alkanes) is 16. The molecule has 32 heavy (non-hydrogen) atoms. The maximum Gasteiger partial charge on any atom is 0.0180 e. The summed E-state index contributed by atoms with van der Waals surface area (Å²) in [6.45, 7) is 10.5. The molecular weight excluding hydrogens is 433 g/mol. The molecule has 0 aliphatic carbocycles. The van der Waals surface area contributed by atoms with Gasteiger partial charge in [-0.05, 0) is 26.7 Å². The van der Waals surface area contributed by atoms with Gasteiger partial charge in [-0.15, -0.1) is 12.4 Å². The molecule has 0 spiro atoms. The third kappa shape index (κ3) is 22.1. The summed E-state index contributed by atoms with van der Waals surface area (Å²) >= 11 is 5.86. The third-order valence-corrected chi connectivity index (χ3v) is 7.17. The van der Waals surface area contributed by atoms with Gasteiger partial charge in [-0.1, -0.05) is 147 Å². The van der Waals surface area contributed by atoms with Gasteiger partial charge in [0.15, 0.2) is 0 Å². The summed E-state index contributed by atoms with van der Waals surface area (Å²) in [7, 11) is 0. The van der Waals surface area contributed by atoms with E-state index in [1.165, 1.54) is 128 Å². The van der Waals surface area contributed by atoms with Gasteiger partial charge in [0.25, 0.3) is 0 Å². The number of hydrogen-bond acceptors (Lipinski definition) is 1. The molecule has 0 heterocycles. The lowest BCUT2D eigenvalue weighted by Gasteiger charge is -2.34. The van der Waals surface area contributed by atoms with Gasteiger partial charge in [0.05, 0.1) is 0 Å². The molecule has 0 fully saturated rings. The van der Waals surface area contributed by atoms with Gasteiger partial charge >= 0.3 is 0 Å². The topological polar surface area (TPSA) is 3.24 Å². The highest BCUT2D eigenvalue weighted by Crippen LogP contribution is 2.19. The molecule has 0 aliphatic rings. The largest absolute Gasteiger partial charge is 0.294 e. The summed E-state index contributed by atoms with van der Waals surface area (Å²) in [4.78, 5) is 2.69. The Hall–Kier alpha value is 0.280. The average molecular weight is 493 g/mol. The van der Waals surface area contributed by atoms with Gasteiger partial charge < -0.3 is 0 Å². The highest BCUT2D eigenvalue weighted by Gasteiger charge is 2.18. The second kappa shape index (κ2) is 27.5. The van der Waals surface area contributed by atoms with Crippen molar-refractivity contribution in [3.8, 4) is 0 Å². The van der Waals surface area contributed by atoms with Crippen LogP contribution in [0.1, 0.15) is 156 Å². The molecule has 0 aromatic heterocycles. The molecule has 0 radical (unpaired) electrons. The molecule has 0 rings (SSSR count). The summed E-state index contributed by atoms with van der Waals surface area (Å²) < 4.78 is 0. The van der Waals surface area contributed by atoms with E-state index in [4.69, 9.17) is 11.6 Å². The van der Waals surface area contributed by atoms with E-state index in [0.717, 1.165) is 6.54 Å². The van der Waals surface area contributed by atoms with Crippen LogP contribution in [0.4, 0.5) is 0 Å². The molecule has 0 aliphatic heterocycles. The van der Waals surface area contributed by atoms with E-state index in [9.17, 15) is 0 Å². The first-order chi connectivity index (χ1) is 15.2. The van der Waals surface area contributed by atoms with E-state index in [1.807, 2.05) is 0 Å². The van der Waals surface area contributed by atoms with Crippen molar-refractivity contribution in [2.75, 3.05) is 6.54 Å². The second-order valence-electron chi connectivity index (χ2n) is 9.99. The summed E-state index contributed by atoms with van der Waals surface area (Å²) in [5, 5.41) is 0. The first-order valence-corrected chi connectivity index (χ1v) is 14.6. The molecule has 0 amide bonds. The van der Waals surface area contributed by atoms with Crippen molar-refractivity contribution in [2.24, 2.45) is 0 Å². The van der Waals surface area contributed by atoms with Crippen molar-refractivity contribution >= 4 is 24.0 Å². The highest BCUT2D eigenvalue weighted by molar-refractivity contribution is 6.25. The first-order valence-electron chi connectivity index (χ1n) is 14.2. The minimum Gasteiger partial charge on any atom is -0.294 e. The lowest BCUT2D eigenvalue weighted by Crippen LogP contribution is -2.40. The molecule has 1 nitrogen and oxygen atoms in total. The Kier molecular flexibility index (Phi) is 29.6. The maximum absolute atomic E-state index is 5.86. The van der Waals surface area contributed by atoms with E-state index in [1.54, 1.807) is 5.54 Å². The maximum atomic E-state index is 5.86. The third-order valence-electron chi connectivity index (χ3n) is 6.99. The quantitative estimate of drug-likeness (QED) is 0.121. The Balaban J connectivity index is 0. The van der Waals surface area contributed by atoms with Crippen LogP contribution in [0.5, 0.6) is 0 Å². The van der Waals surface area contributed by atoms with Gasteiger partial charge in [-0.2, -0.15) is 0 Å². The smallest absolute Gasteiger partial charge is 0.0180 e. The molecule has 0 saturated carbocycles. The lowest BCUT2D eigenvalue weighted by atomic mass is 10.0. The Morgan fingerprint density at radius 3 is 1.19 bits per heavy atom. The van der Waals surface area contributed by atoms with Gasteiger partial charge in [0, 0.05) is 24.2 Å². The van der Waals surface area contributed by atoms with E-state index in [-0.39, 0.29) is 12.4 Å². The first kappa shape index (κ1) is 34.4. The Morgan fingerprint density at radius 2 is 0.875 bits per heavy atom. The van der Waals surface area contributed by atoms with Crippen LogP contribution in [0.25, 0.3) is 0 Å². The molecule has 0 saturated heterocycles. The molecule has 2 unspecified atom stereocenters. The molecule has 194 valence electrons. The number of hydrogen-bond donors (Lipinski definition) is 0. The van der Waals surface area contributed by atoms with Crippen LogP contribution in [0.2, 0.25) is 0 Å². The second-order valence-corrected chi connectivity index (χ2v) is 10.2. The normalized spacial score (nSPS) is 13.6. The van der Waals surface area contributed by atoms with Crippen LogP contribution in [0.15, 0.2) is 11.6 Å². The van der Waals surface area contributed by atoms with Gasteiger partial charge in [-0.25, -0.2) is 0 Å². The summed E-state index contributed by atoms with van der Waals surface area (Å²) in [5.41, 5.74) is 1.70. The fourth-order valence-corrected chi connectivity index (χ4v) is 4.87. The fourth-order valence-electron chi connectivity index (χ4n) is 4.79. The molecule has 0 aromatic rings. The number of nitrogens with zero attached hydrogens (tertiary/aromatic N) is 1. The van der Waals surface area contributed by atoms with Crippen LogP contribution in [-0.4, -0.2) is 23.5 Å². The molecule has 0 N–H and O–H groups in total. The summed E-state index contributed by atoms with van der Waals surface area (Å²) in [6.07, 6.45) is 30.3. The Bertz CT molecular complexity index is 344. The minimum absolute atomic E-state index is 0. The monoisotopic (exact) mass is 491 g/mol. The van der Waals surface area contributed by atoms with Crippen molar-refractivity contribution in [1.82, 2.24) is 4.90 Å². The van der Waals surface area contributed by atoms with Crippen molar-refractivity contribution in [2.45, 2.75) is 168 Å². The van der Waals surface area contributed by atoms with Crippen molar-refractivity contribution < 1.29 is 0 Å². The van der Waals surface area contributed by atoms with Crippen LogP contribution in [-0.2, 0) is 0 Å². The zero-order valence-corrected chi connectivity index (χ0v) is 24.0. The molecule has 3 heteroatoms. The Morgan fingerprint density at radius 1 is 0.562 bits per heavy atom. The minimum atomic E-state index is 0. The van der Waals surface area contributed by atoms with Crippen LogP contribution < -0.4 is 0 Å². The lowest BCUT2D eigenvalue weighted by molar-refractivity contribution is 0.152. The molecular formula is C29H59Cl2N. The summed E-state index contributed by atoms with van der Waals surface area (Å²) in [5.74, 6) is 0. The number of rotatable bonds is 24. The van der Waals surface area contributed by atoms with Crippen molar-refractivity contribution in [3.63, 3.8) is 0 Å². The van der Waals surface area contributed by atoms with Crippen molar-refractivity contribution in [3.05, 3.63) is 11.6 Å². The summed E-state index contributed by atoms with van der Waals surface area (Å²) in [6, 6.07) is 1.32. The molecule has 2 atom stereocenters. The predicted molar refractivity (Wildman–Crippen MR) is 152 cm³/mol. The Labute approximate surface area is 214 Å². The van der Waals surface area contributed by atoms with Crippen molar-refractivity contribution in [1.29, 1.82) is 0 Å². The zero-order valence-electron chi connectivity index (χ0n) is 22.4. The molecule has 0 aromatic carbocycles. The highest BCUT2D eigenvalue weighted by atomic mass is 35.5. The van der Waals surface area contributed by atoms with Gasteiger partial charge in [-0.3, -0.25) is 4.90 Å². The van der Waals surface area contributed by atoms with E-state index in [2.05, 4.69) is 38.7 Å². The molecule has 0 bridgehead atoms.